The monoisotopic (exact) mass is 246 g/mol. The van der Waals surface area contributed by atoms with Crippen LogP contribution in [0.2, 0.25) is 0 Å². The summed E-state index contributed by atoms with van der Waals surface area (Å²) in [7, 11) is 0. The predicted molar refractivity (Wildman–Crippen MR) is 48.9 cm³/mol. The van der Waals surface area contributed by atoms with Crippen LogP contribution in [0.4, 0.5) is 4.39 Å². The number of halogens is 2. The second-order valence-electron chi connectivity index (χ2n) is 3.29. The molecule has 0 radical (unpaired) electrons. The van der Waals surface area contributed by atoms with E-state index in [1.165, 1.54) is 6.07 Å². The van der Waals surface area contributed by atoms with Gasteiger partial charge in [0.15, 0.2) is 0 Å². The number of aliphatic hydroxyl groups is 1. The van der Waals surface area contributed by atoms with Crippen LogP contribution in [0.15, 0.2) is 16.6 Å². The normalized spacial score (nSPS) is 18.7. The number of aromatic hydroxyl groups is 1. The molecule has 1 aliphatic carbocycles. The van der Waals surface area contributed by atoms with Gasteiger partial charge in [-0.3, -0.25) is 0 Å². The second-order valence-corrected chi connectivity index (χ2v) is 4.08. The van der Waals surface area contributed by atoms with Gasteiger partial charge in [-0.05, 0) is 40.9 Å². The summed E-state index contributed by atoms with van der Waals surface area (Å²) < 4.78 is 13.5. The lowest BCUT2D eigenvalue weighted by atomic mass is 10.1. The zero-order chi connectivity index (χ0) is 9.64. The van der Waals surface area contributed by atoms with Gasteiger partial charge in [0.2, 0.25) is 0 Å². The zero-order valence-corrected chi connectivity index (χ0v) is 8.31. The van der Waals surface area contributed by atoms with Crippen LogP contribution in [0.1, 0.15) is 18.4 Å². The molecule has 0 saturated heterocycles. The van der Waals surface area contributed by atoms with Gasteiger partial charge >= 0.3 is 0 Å². The maximum absolute atomic E-state index is 13.3. The van der Waals surface area contributed by atoms with Crippen molar-refractivity contribution in [3.05, 3.63) is 28.0 Å². The van der Waals surface area contributed by atoms with Crippen LogP contribution in [0.5, 0.6) is 5.75 Å². The number of phenolic OH excluding ortho intramolecular Hbond substituents is 1. The molecule has 70 valence electrons. The van der Waals surface area contributed by atoms with Crippen molar-refractivity contribution >= 4 is 15.9 Å². The third-order valence-electron chi connectivity index (χ3n) is 2.26. The Hall–Kier alpha value is -0.610. The molecule has 1 aliphatic rings. The van der Waals surface area contributed by atoms with Gasteiger partial charge in [-0.1, -0.05) is 0 Å². The first-order valence-corrected chi connectivity index (χ1v) is 4.74. The quantitative estimate of drug-likeness (QED) is 0.799. The number of rotatable bonds is 1. The van der Waals surface area contributed by atoms with Gasteiger partial charge in [0.05, 0.1) is 10.1 Å². The summed E-state index contributed by atoms with van der Waals surface area (Å²) >= 11 is 3.06. The lowest BCUT2D eigenvalue weighted by Gasteiger charge is -2.12. The molecule has 2 rings (SSSR count). The third-order valence-corrected chi connectivity index (χ3v) is 3.06. The molecule has 0 aromatic heterocycles. The van der Waals surface area contributed by atoms with E-state index >= 15 is 0 Å². The molecule has 0 bridgehead atoms. The van der Waals surface area contributed by atoms with Crippen LogP contribution < -0.4 is 0 Å². The van der Waals surface area contributed by atoms with E-state index in [4.69, 9.17) is 0 Å². The lowest BCUT2D eigenvalue weighted by molar-refractivity contribution is 0.145. The molecule has 0 spiro atoms. The maximum atomic E-state index is 13.3. The van der Waals surface area contributed by atoms with E-state index in [0.29, 0.717) is 12.8 Å². The van der Waals surface area contributed by atoms with E-state index in [1.807, 2.05) is 0 Å². The number of hydrogen-bond acceptors (Lipinski definition) is 2. The fourth-order valence-electron chi connectivity index (χ4n) is 1.34. The van der Waals surface area contributed by atoms with Crippen LogP contribution in [-0.2, 0) is 5.60 Å². The summed E-state index contributed by atoms with van der Waals surface area (Å²) in [5.74, 6) is -0.526. The van der Waals surface area contributed by atoms with Gasteiger partial charge in [-0.2, -0.15) is 0 Å². The summed E-state index contributed by atoms with van der Waals surface area (Å²) in [5, 5.41) is 19.0. The molecule has 13 heavy (non-hydrogen) atoms. The summed E-state index contributed by atoms with van der Waals surface area (Å²) in [4.78, 5) is 0. The highest BCUT2D eigenvalue weighted by Crippen LogP contribution is 2.50. The standard InChI is InChI=1S/C9H8BrFO2/c10-8-6(12)2-1-5(11)7(8)9(13)3-4-9/h1-2,12-13H,3-4H2. The first-order valence-electron chi connectivity index (χ1n) is 3.94. The molecule has 1 fully saturated rings. The Morgan fingerprint density at radius 3 is 2.54 bits per heavy atom. The average molecular weight is 247 g/mol. The largest absolute Gasteiger partial charge is 0.507 e. The number of benzene rings is 1. The van der Waals surface area contributed by atoms with Crippen molar-refractivity contribution in [1.29, 1.82) is 0 Å². The predicted octanol–water partition coefficient (Wildman–Crippen LogP) is 2.28. The van der Waals surface area contributed by atoms with Crippen molar-refractivity contribution in [3.8, 4) is 5.75 Å². The smallest absolute Gasteiger partial charge is 0.130 e. The molecule has 0 aliphatic heterocycles. The highest BCUT2D eigenvalue weighted by Gasteiger charge is 2.46. The highest BCUT2D eigenvalue weighted by molar-refractivity contribution is 9.10. The topological polar surface area (TPSA) is 40.5 Å². The first kappa shape index (κ1) is 8.97. The fraction of sp³-hybridized carbons (Fsp3) is 0.333. The van der Waals surface area contributed by atoms with Crippen molar-refractivity contribution in [2.75, 3.05) is 0 Å². The van der Waals surface area contributed by atoms with Gasteiger partial charge in [0.25, 0.3) is 0 Å². The zero-order valence-electron chi connectivity index (χ0n) is 6.72. The SMILES string of the molecule is Oc1ccc(F)c(C2(O)CC2)c1Br. The van der Waals surface area contributed by atoms with E-state index in [0.717, 1.165) is 6.07 Å². The van der Waals surface area contributed by atoms with Crippen molar-refractivity contribution in [1.82, 2.24) is 0 Å². The molecule has 4 heteroatoms. The Balaban J connectivity index is 2.61. The van der Waals surface area contributed by atoms with Gasteiger partial charge in [-0.25, -0.2) is 4.39 Å². The molecule has 1 aromatic rings. The molecule has 0 amide bonds. The average Bonchev–Trinajstić information content (AvgIpc) is 2.78. The minimum absolute atomic E-state index is 0.0447. The second kappa shape index (κ2) is 2.69. The summed E-state index contributed by atoms with van der Waals surface area (Å²) in [6, 6.07) is 2.42. The molecule has 0 unspecified atom stereocenters. The van der Waals surface area contributed by atoms with E-state index in [-0.39, 0.29) is 15.8 Å². The van der Waals surface area contributed by atoms with Crippen LogP contribution in [0.25, 0.3) is 0 Å². The minimum Gasteiger partial charge on any atom is -0.507 e. The fourth-order valence-corrected chi connectivity index (χ4v) is 2.03. The van der Waals surface area contributed by atoms with E-state index in [2.05, 4.69) is 15.9 Å². The van der Waals surface area contributed by atoms with Crippen molar-refractivity contribution in [2.24, 2.45) is 0 Å². The van der Waals surface area contributed by atoms with Crippen molar-refractivity contribution in [2.45, 2.75) is 18.4 Å². The summed E-state index contributed by atoms with van der Waals surface area (Å²) in [6.07, 6.45) is 1.10. The molecule has 1 aromatic carbocycles. The van der Waals surface area contributed by atoms with E-state index in [1.54, 1.807) is 0 Å². The lowest BCUT2D eigenvalue weighted by Crippen LogP contribution is -2.08. The van der Waals surface area contributed by atoms with Gasteiger partial charge in [0, 0.05) is 5.56 Å². The molecule has 0 heterocycles. The molecular formula is C9H8BrFO2. The Kier molecular flexibility index (Phi) is 1.85. The molecule has 0 atom stereocenters. The molecule has 1 saturated carbocycles. The Labute approximate surface area is 83.1 Å². The van der Waals surface area contributed by atoms with Gasteiger partial charge in [-0.15, -0.1) is 0 Å². The summed E-state index contributed by atoms with van der Waals surface area (Å²) in [5.41, 5.74) is -0.894. The minimum atomic E-state index is -1.07. The van der Waals surface area contributed by atoms with Crippen molar-refractivity contribution < 1.29 is 14.6 Å². The Morgan fingerprint density at radius 2 is 2.00 bits per heavy atom. The number of hydrogen-bond donors (Lipinski definition) is 2. The first-order chi connectivity index (χ1) is 6.04. The maximum Gasteiger partial charge on any atom is 0.130 e. The van der Waals surface area contributed by atoms with Gasteiger partial charge < -0.3 is 10.2 Å². The van der Waals surface area contributed by atoms with Crippen LogP contribution in [0.3, 0.4) is 0 Å². The molecular weight excluding hydrogens is 239 g/mol. The Morgan fingerprint density at radius 1 is 1.38 bits per heavy atom. The van der Waals surface area contributed by atoms with E-state index < -0.39 is 11.4 Å². The van der Waals surface area contributed by atoms with E-state index in [9.17, 15) is 14.6 Å². The van der Waals surface area contributed by atoms with Crippen LogP contribution in [0, 0.1) is 5.82 Å². The molecule has 2 N–H and O–H groups in total. The van der Waals surface area contributed by atoms with Crippen molar-refractivity contribution in [3.63, 3.8) is 0 Å². The van der Waals surface area contributed by atoms with Crippen LogP contribution >= 0.6 is 15.9 Å². The van der Waals surface area contributed by atoms with Gasteiger partial charge in [0.1, 0.15) is 11.6 Å². The Bertz CT molecular complexity index is 361. The third kappa shape index (κ3) is 1.34. The molecule has 2 nitrogen and oxygen atoms in total. The summed E-state index contributed by atoms with van der Waals surface area (Å²) in [6.45, 7) is 0. The number of phenols is 1. The van der Waals surface area contributed by atoms with Crippen LogP contribution in [-0.4, -0.2) is 10.2 Å². The highest BCUT2D eigenvalue weighted by atomic mass is 79.9.